The van der Waals surface area contributed by atoms with Crippen LogP contribution >= 0.6 is 0 Å². The van der Waals surface area contributed by atoms with Crippen molar-refractivity contribution in [3.63, 3.8) is 0 Å². The van der Waals surface area contributed by atoms with Crippen molar-refractivity contribution in [3.05, 3.63) is 97.2 Å². The summed E-state index contributed by atoms with van der Waals surface area (Å²) in [5.74, 6) is 0. The Balaban J connectivity index is 1.59. The van der Waals surface area contributed by atoms with E-state index < -0.39 is 0 Å². The summed E-state index contributed by atoms with van der Waals surface area (Å²) in [5.41, 5.74) is 7.44. The van der Waals surface area contributed by atoms with Crippen LogP contribution in [0.15, 0.2) is 102 Å². The molecule has 4 heterocycles. The van der Waals surface area contributed by atoms with Gasteiger partial charge in [0.2, 0.25) is 0 Å². The molecular formula is C29H16N2O. The Kier molecular flexibility index (Phi) is 2.89. The maximum atomic E-state index is 6.33. The molecule has 0 saturated heterocycles. The summed E-state index contributed by atoms with van der Waals surface area (Å²) < 4.78 is 8.73. The van der Waals surface area contributed by atoms with E-state index in [1.807, 2.05) is 24.4 Å². The third kappa shape index (κ3) is 1.85. The molecule has 4 aromatic heterocycles. The van der Waals surface area contributed by atoms with E-state index >= 15 is 0 Å². The predicted octanol–water partition coefficient (Wildman–Crippen LogP) is 7.80. The average molecular weight is 408 g/mol. The van der Waals surface area contributed by atoms with Crippen LogP contribution in [0, 0.1) is 0 Å². The second-order valence-corrected chi connectivity index (χ2v) is 8.39. The molecule has 3 heteroatoms. The van der Waals surface area contributed by atoms with Crippen LogP contribution in [0.1, 0.15) is 0 Å². The standard InChI is InChI=1S/C29H16N2O/c1-3-12-23-17(7-1)19-9-5-11-22-26-21(10-6-13-24(26)31(23)28(19)22)27-29-20(15-16-30-27)18-8-2-4-14-25(18)32-29/h1-16H. The number of hydrogen-bond acceptors (Lipinski definition) is 2. The Hall–Kier alpha value is -4.37. The summed E-state index contributed by atoms with van der Waals surface area (Å²) >= 11 is 0. The van der Waals surface area contributed by atoms with Gasteiger partial charge in [-0.25, -0.2) is 0 Å². The Morgan fingerprint density at radius 2 is 1.34 bits per heavy atom. The molecule has 0 bridgehead atoms. The highest BCUT2D eigenvalue weighted by Gasteiger charge is 2.21. The van der Waals surface area contributed by atoms with Crippen molar-refractivity contribution in [3.8, 4) is 11.3 Å². The number of furan rings is 1. The average Bonchev–Trinajstić information content (AvgIpc) is 3.50. The summed E-state index contributed by atoms with van der Waals surface area (Å²) in [6.07, 6.45) is 1.89. The highest BCUT2D eigenvalue weighted by atomic mass is 16.3. The highest BCUT2D eigenvalue weighted by Crippen LogP contribution is 2.43. The van der Waals surface area contributed by atoms with Crippen LogP contribution in [0.4, 0.5) is 0 Å². The largest absolute Gasteiger partial charge is 0.454 e. The monoisotopic (exact) mass is 408 g/mol. The lowest BCUT2D eigenvalue weighted by molar-refractivity contribution is 0.668. The van der Waals surface area contributed by atoms with Gasteiger partial charge in [0.05, 0.1) is 16.6 Å². The smallest absolute Gasteiger partial charge is 0.161 e. The third-order valence-corrected chi connectivity index (χ3v) is 6.80. The van der Waals surface area contributed by atoms with Crippen molar-refractivity contribution in [2.45, 2.75) is 0 Å². The zero-order valence-electron chi connectivity index (χ0n) is 17.0. The van der Waals surface area contributed by atoms with Gasteiger partial charge in [-0.1, -0.05) is 66.7 Å². The fraction of sp³-hybridized carbons (Fsp3) is 0. The van der Waals surface area contributed by atoms with Gasteiger partial charge in [-0.2, -0.15) is 0 Å². The molecule has 0 amide bonds. The van der Waals surface area contributed by atoms with Crippen molar-refractivity contribution in [1.29, 1.82) is 0 Å². The van der Waals surface area contributed by atoms with Crippen molar-refractivity contribution >= 4 is 60.0 Å². The number of fused-ring (bicyclic) bond motifs is 9. The first-order valence-electron chi connectivity index (χ1n) is 10.8. The molecular weight excluding hydrogens is 392 g/mol. The molecule has 8 rings (SSSR count). The SMILES string of the molecule is c1ccc2c(c1)oc1c(-c3cccc4c3c3cccc5c6ccccc6n4c53)nccc12. The maximum absolute atomic E-state index is 6.33. The minimum atomic E-state index is 0.843. The second kappa shape index (κ2) is 5.65. The van der Waals surface area contributed by atoms with E-state index in [1.165, 1.54) is 38.1 Å². The van der Waals surface area contributed by atoms with E-state index in [-0.39, 0.29) is 0 Å². The molecule has 0 radical (unpaired) electrons. The molecule has 4 aromatic carbocycles. The van der Waals surface area contributed by atoms with Crippen LogP contribution in [-0.2, 0) is 0 Å². The first kappa shape index (κ1) is 16.3. The summed E-state index contributed by atoms with van der Waals surface area (Å²) in [5, 5.41) is 7.27. The first-order chi connectivity index (χ1) is 15.9. The lowest BCUT2D eigenvalue weighted by Gasteiger charge is -2.05. The molecule has 0 atom stereocenters. The molecule has 0 aliphatic heterocycles. The van der Waals surface area contributed by atoms with Crippen molar-refractivity contribution in [2.75, 3.05) is 0 Å². The van der Waals surface area contributed by atoms with E-state index in [2.05, 4.69) is 77.2 Å². The lowest BCUT2D eigenvalue weighted by atomic mass is 10.0. The molecule has 0 aliphatic carbocycles. The van der Waals surface area contributed by atoms with Gasteiger partial charge in [0, 0.05) is 44.1 Å². The van der Waals surface area contributed by atoms with E-state index in [0.29, 0.717) is 0 Å². The van der Waals surface area contributed by atoms with Crippen LogP contribution in [0.3, 0.4) is 0 Å². The number of rotatable bonds is 1. The summed E-state index contributed by atoms with van der Waals surface area (Å²) in [7, 11) is 0. The number of para-hydroxylation sites is 3. The highest BCUT2D eigenvalue weighted by molar-refractivity contribution is 6.26. The molecule has 0 aliphatic rings. The van der Waals surface area contributed by atoms with E-state index in [1.54, 1.807) is 0 Å². The minimum absolute atomic E-state index is 0.843. The Bertz CT molecular complexity index is 1990. The van der Waals surface area contributed by atoms with Gasteiger partial charge in [0.1, 0.15) is 11.3 Å². The molecule has 0 saturated carbocycles. The van der Waals surface area contributed by atoms with Gasteiger partial charge in [-0.3, -0.25) is 4.98 Å². The Labute approximate surface area is 182 Å². The molecule has 3 nitrogen and oxygen atoms in total. The van der Waals surface area contributed by atoms with Gasteiger partial charge in [0.25, 0.3) is 0 Å². The van der Waals surface area contributed by atoms with Crippen molar-refractivity contribution < 1.29 is 4.42 Å². The predicted molar refractivity (Wildman–Crippen MR) is 132 cm³/mol. The number of hydrogen-bond donors (Lipinski definition) is 0. The van der Waals surface area contributed by atoms with Gasteiger partial charge < -0.3 is 8.82 Å². The third-order valence-electron chi connectivity index (χ3n) is 6.80. The van der Waals surface area contributed by atoms with Gasteiger partial charge >= 0.3 is 0 Å². The summed E-state index contributed by atoms with van der Waals surface area (Å²) in [4.78, 5) is 4.82. The van der Waals surface area contributed by atoms with E-state index in [0.717, 1.165) is 33.2 Å². The normalized spacial score (nSPS) is 12.4. The fourth-order valence-electron chi connectivity index (χ4n) is 5.52. The lowest BCUT2D eigenvalue weighted by Crippen LogP contribution is -1.86. The number of benzene rings is 4. The molecule has 0 unspecified atom stereocenters. The van der Waals surface area contributed by atoms with E-state index in [9.17, 15) is 0 Å². The zero-order valence-corrected chi connectivity index (χ0v) is 17.0. The Morgan fingerprint density at radius 3 is 2.31 bits per heavy atom. The molecule has 8 aromatic rings. The van der Waals surface area contributed by atoms with Crippen LogP contribution in [0.2, 0.25) is 0 Å². The Morgan fingerprint density at radius 1 is 0.594 bits per heavy atom. The van der Waals surface area contributed by atoms with Crippen LogP contribution < -0.4 is 0 Å². The van der Waals surface area contributed by atoms with Crippen LogP contribution in [0.5, 0.6) is 0 Å². The molecule has 0 N–H and O–H groups in total. The maximum Gasteiger partial charge on any atom is 0.161 e. The van der Waals surface area contributed by atoms with E-state index in [4.69, 9.17) is 9.40 Å². The second-order valence-electron chi connectivity index (χ2n) is 8.39. The summed E-state index contributed by atoms with van der Waals surface area (Å²) in [6.45, 7) is 0. The quantitative estimate of drug-likeness (QED) is 0.277. The summed E-state index contributed by atoms with van der Waals surface area (Å²) in [6, 6.07) is 32.0. The fourth-order valence-corrected chi connectivity index (χ4v) is 5.52. The van der Waals surface area contributed by atoms with Gasteiger partial charge in [0.15, 0.2) is 5.58 Å². The van der Waals surface area contributed by atoms with Crippen molar-refractivity contribution in [1.82, 2.24) is 9.38 Å². The van der Waals surface area contributed by atoms with Crippen LogP contribution in [0.25, 0.3) is 71.3 Å². The van der Waals surface area contributed by atoms with Crippen LogP contribution in [-0.4, -0.2) is 9.38 Å². The number of pyridine rings is 1. The molecule has 0 fully saturated rings. The number of aromatic nitrogens is 2. The van der Waals surface area contributed by atoms with Gasteiger partial charge in [-0.05, 0) is 24.3 Å². The first-order valence-corrected chi connectivity index (χ1v) is 10.8. The number of nitrogens with zero attached hydrogens (tertiary/aromatic N) is 2. The van der Waals surface area contributed by atoms with Crippen molar-refractivity contribution in [2.24, 2.45) is 0 Å². The van der Waals surface area contributed by atoms with Gasteiger partial charge in [-0.15, -0.1) is 0 Å². The topological polar surface area (TPSA) is 30.4 Å². The zero-order chi connectivity index (χ0) is 20.8. The molecule has 32 heavy (non-hydrogen) atoms. The molecule has 148 valence electrons. The molecule has 0 spiro atoms. The minimum Gasteiger partial charge on any atom is -0.454 e.